The van der Waals surface area contributed by atoms with E-state index < -0.39 is 17.9 Å². The molecule has 0 spiro atoms. The van der Waals surface area contributed by atoms with E-state index in [9.17, 15) is 18.0 Å². The lowest BCUT2D eigenvalue weighted by molar-refractivity contribution is -0.274. The molecular weight excluding hydrogens is 371 g/mol. The molecule has 2 nitrogen and oxygen atoms in total. The summed E-state index contributed by atoms with van der Waals surface area (Å²) in [4.78, 5) is 11.5. The van der Waals surface area contributed by atoms with Crippen LogP contribution in [0.4, 0.5) is 13.2 Å². The third-order valence-electron chi connectivity index (χ3n) is 1.79. The van der Waals surface area contributed by atoms with Crippen LogP contribution in [0.25, 0.3) is 0 Å². The zero-order valence-corrected chi connectivity index (χ0v) is 11.3. The predicted molar refractivity (Wildman–Crippen MR) is 65.5 cm³/mol. The molecule has 94 valence electrons. The summed E-state index contributed by atoms with van der Waals surface area (Å²) in [5.41, 5.74) is -0.108. The Labute approximate surface area is 114 Å². The van der Waals surface area contributed by atoms with E-state index in [-0.39, 0.29) is 17.9 Å². The normalized spacial score (nSPS) is 11.4. The SMILES string of the molecule is O=C(CCCl)c1ccc(I)cc1OC(F)(F)F. The van der Waals surface area contributed by atoms with Crippen LogP contribution in [0.3, 0.4) is 0 Å². The number of alkyl halides is 4. The van der Waals surface area contributed by atoms with Gasteiger partial charge in [0, 0.05) is 15.9 Å². The number of benzene rings is 1. The van der Waals surface area contributed by atoms with Gasteiger partial charge in [0.1, 0.15) is 5.75 Å². The van der Waals surface area contributed by atoms with Crippen molar-refractivity contribution in [3.05, 3.63) is 27.3 Å². The first-order valence-corrected chi connectivity index (χ1v) is 6.09. The molecule has 0 aliphatic heterocycles. The van der Waals surface area contributed by atoms with E-state index in [0.29, 0.717) is 3.57 Å². The Morgan fingerprint density at radius 3 is 2.59 bits per heavy atom. The molecule has 0 bridgehead atoms. The van der Waals surface area contributed by atoms with Crippen molar-refractivity contribution in [3.63, 3.8) is 0 Å². The minimum Gasteiger partial charge on any atom is -0.405 e. The number of ketones is 1. The van der Waals surface area contributed by atoms with Gasteiger partial charge in [0.05, 0.1) is 5.56 Å². The molecule has 0 aliphatic rings. The second kappa shape index (κ2) is 5.90. The molecule has 0 unspecified atom stereocenters. The Morgan fingerprint density at radius 1 is 1.41 bits per heavy atom. The molecule has 0 saturated heterocycles. The fourth-order valence-electron chi connectivity index (χ4n) is 1.16. The van der Waals surface area contributed by atoms with Gasteiger partial charge < -0.3 is 4.74 Å². The van der Waals surface area contributed by atoms with E-state index in [4.69, 9.17) is 11.6 Å². The van der Waals surface area contributed by atoms with Crippen molar-refractivity contribution in [2.24, 2.45) is 0 Å². The van der Waals surface area contributed by atoms with Gasteiger partial charge in [-0.1, -0.05) is 0 Å². The predicted octanol–water partition coefficient (Wildman–Crippen LogP) is 4.00. The first-order chi connectivity index (χ1) is 7.83. The number of hydrogen-bond donors (Lipinski definition) is 0. The van der Waals surface area contributed by atoms with E-state index in [1.165, 1.54) is 12.1 Å². The molecular formula is C10H7ClF3IO2. The molecule has 0 atom stereocenters. The molecule has 17 heavy (non-hydrogen) atoms. The van der Waals surface area contributed by atoms with Gasteiger partial charge >= 0.3 is 6.36 Å². The summed E-state index contributed by atoms with van der Waals surface area (Å²) >= 11 is 7.21. The van der Waals surface area contributed by atoms with Gasteiger partial charge in [-0.25, -0.2) is 0 Å². The first kappa shape index (κ1) is 14.6. The molecule has 0 N–H and O–H groups in total. The summed E-state index contributed by atoms with van der Waals surface area (Å²) in [5.74, 6) is -0.911. The molecule has 0 amide bonds. The lowest BCUT2D eigenvalue weighted by Gasteiger charge is -2.12. The van der Waals surface area contributed by atoms with Crippen LogP contribution in [-0.2, 0) is 0 Å². The maximum absolute atomic E-state index is 12.1. The molecule has 0 fully saturated rings. The van der Waals surface area contributed by atoms with Crippen molar-refractivity contribution in [1.82, 2.24) is 0 Å². The van der Waals surface area contributed by atoms with Crippen LogP contribution in [0.15, 0.2) is 18.2 Å². The summed E-state index contributed by atoms with van der Waals surface area (Å²) in [6.07, 6.45) is -4.85. The minimum absolute atomic E-state index is 0.0314. The Hall–Kier alpha value is -0.500. The number of Topliss-reactive ketones (excluding diaryl/α,β-unsaturated/α-hetero) is 1. The molecule has 7 heteroatoms. The van der Waals surface area contributed by atoms with Crippen LogP contribution >= 0.6 is 34.2 Å². The monoisotopic (exact) mass is 378 g/mol. The molecule has 0 aromatic heterocycles. The fourth-order valence-corrected chi connectivity index (χ4v) is 1.79. The van der Waals surface area contributed by atoms with Crippen LogP contribution < -0.4 is 4.74 Å². The Kier molecular flexibility index (Phi) is 5.05. The number of carbonyl (C=O) groups is 1. The third kappa shape index (κ3) is 4.71. The quantitative estimate of drug-likeness (QED) is 0.450. The van der Waals surface area contributed by atoms with Crippen molar-refractivity contribution in [2.75, 3.05) is 5.88 Å². The second-order valence-corrected chi connectivity index (χ2v) is 4.67. The highest BCUT2D eigenvalue weighted by Crippen LogP contribution is 2.29. The molecule has 1 aromatic carbocycles. The molecule has 0 radical (unpaired) electrons. The average Bonchev–Trinajstić information content (AvgIpc) is 2.15. The van der Waals surface area contributed by atoms with Gasteiger partial charge in [-0.05, 0) is 40.8 Å². The maximum atomic E-state index is 12.1. The van der Waals surface area contributed by atoms with Crippen molar-refractivity contribution < 1.29 is 22.7 Å². The Bertz CT molecular complexity index is 421. The zero-order valence-electron chi connectivity index (χ0n) is 8.35. The topological polar surface area (TPSA) is 26.3 Å². The zero-order chi connectivity index (χ0) is 13.1. The van der Waals surface area contributed by atoms with Crippen LogP contribution in [-0.4, -0.2) is 18.0 Å². The van der Waals surface area contributed by atoms with E-state index in [2.05, 4.69) is 4.74 Å². The highest BCUT2D eigenvalue weighted by atomic mass is 127. The fraction of sp³-hybridized carbons (Fsp3) is 0.300. The van der Waals surface area contributed by atoms with E-state index in [1.54, 1.807) is 0 Å². The third-order valence-corrected chi connectivity index (χ3v) is 2.65. The van der Waals surface area contributed by atoms with Gasteiger partial charge in [-0.2, -0.15) is 0 Å². The van der Waals surface area contributed by atoms with Crippen LogP contribution in [0.1, 0.15) is 16.8 Å². The summed E-state index contributed by atoms with van der Waals surface area (Å²) in [6, 6.07) is 4.00. The Morgan fingerprint density at radius 2 is 2.06 bits per heavy atom. The lowest BCUT2D eigenvalue weighted by atomic mass is 10.1. The van der Waals surface area contributed by atoms with Crippen LogP contribution in [0.5, 0.6) is 5.75 Å². The smallest absolute Gasteiger partial charge is 0.405 e. The van der Waals surface area contributed by atoms with Crippen molar-refractivity contribution in [3.8, 4) is 5.75 Å². The van der Waals surface area contributed by atoms with Crippen molar-refractivity contribution in [2.45, 2.75) is 12.8 Å². The van der Waals surface area contributed by atoms with Crippen LogP contribution in [0.2, 0.25) is 0 Å². The van der Waals surface area contributed by atoms with Gasteiger partial charge in [-0.3, -0.25) is 4.79 Å². The summed E-state index contributed by atoms with van der Waals surface area (Å²) in [7, 11) is 0. The summed E-state index contributed by atoms with van der Waals surface area (Å²) in [6.45, 7) is 0. The van der Waals surface area contributed by atoms with E-state index in [0.717, 1.165) is 6.07 Å². The Balaban J connectivity index is 3.08. The number of hydrogen-bond acceptors (Lipinski definition) is 2. The van der Waals surface area contributed by atoms with E-state index in [1.807, 2.05) is 22.6 Å². The number of carbonyl (C=O) groups excluding carboxylic acids is 1. The van der Waals surface area contributed by atoms with Gasteiger partial charge in [0.25, 0.3) is 0 Å². The molecule has 1 rings (SSSR count). The van der Waals surface area contributed by atoms with Crippen molar-refractivity contribution >= 4 is 40.0 Å². The van der Waals surface area contributed by atoms with Crippen LogP contribution in [0, 0.1) is 3.57 Å². The van der Waals surface area contributed by atoms with Gasteiger partial charge in [0.15, 0.2) is 5.78 Å². The molecule has 0 aliphatic carbocycles. The number of rotatable bonds is 4. The van der Waals surface area contributed by atoms with Gasteiger partial charge in [-0.15, -0.1) is 24.8 Å². The molecule has 0 saturated carbocycles. The largest absolute Gasteiger partial charge is 0.573 e. The number of ether oxygens (including phenoxy) is 1. The summed E-state index contributed by atoms with van der Waals surface area (Å²) < 4.78 is 40.8. The second-order valence-electron chi connectivity index (χ2n) is 3.05. The highest BCUT2D eigenvalue weighted by molar-refractivity contribution is 14.1. The molecule has 0 heterocycles. The molecule has 1 aromatic rings. The van der Waals surface area contributed by atoms with Crippen molar-refractivity contribution in [1.29, 1.82) is 0 Å². The highest BCUT2D eigenvalue weighted by Gasteiger charge is 2.32. The van der Waals surface area contributed by atoms with Gasteiger partial charge in [0.2, 0.25) is 0 Å². The first-order valence-electron chi connectivity index (χ1n) is 4.48. The average molecular weight is 379 g/mol. The minimum atomic E-state index is -4.82. The number of halogens is 5. The lowest BCUT2D eigenvalue weighted by Crippen LogP contribution is -2.19. The van der Waals surface area contributed by atoms with E-state index >= 15 is 0 Å². The standard InChI is InChI=1S/C10H7ClF3IO2/c11-4-3-8(16)7-2-1-6(15)5-9(7)17-10(12,13)14/h1-2,5H,3-4H2. The maximum Gasteiger partial charge on any atom is 0.573 e. The summed E-state index contributed by atoms with van der Waals surface area (Å²) in [5, 5.41) is 0.